The smallest absolute Gasteiger partial charge is 0.154 e. The zero-order chi connectivity index (χ0) is 13.9. The standard InChI is InChI=1S/C15H23N5/c1-12(2)17-11-13-5-3-4-9-19(13)15-14-6-7-18-20(14)10-8-16-15/h6-8,10,12-13,17H,3-5,9,11H2,1-2H3. The van der Waals surface area contributed by atoms with Gasteiger partial charge in [-0.25, -0.2) is 9.50 Å². The monoisotopic (exact) mass is 273 g/mol. The van der Waals surface area contributed by atoms with Gasteiger partial charge in [0.1, 0.15) is 5.52 Å². The molecule has 0 aliphatic carbocycles. The number of piperidine rings is 1. The minimum Gasteiger partial charge on any atom is -0.351 e. The Hall–Kier alpha value is -1.62. The molecule has 1 fully saturated rings. The number of hydrogen-bond donors (Lipinski definition) is 1. The topological polar surface area (TPSA) is 45.5 Å². The summed E-state index contributed by atoms with van der Waals surface area (Å²) in [5.74, 6) is 1.07. The summed E-state index contributed by atoms with van der Waals surface area (Å²) in [6.07, 6.45) is 9.38. The van der Waals surface area contributed by atoms with Crippen LogP contribution in [0.2, 0.25) is 0 Å². The highest BCUT2D eigenvalue weighted by atomic mass is 15.3. The van der Waals surface area contributed by atoms with Crippen LogP contribution in [0.3, 0.4) is 0 Å². The summed E-state index contributed by atoms with van der Waals surface area (Å²) >= 11 is 0. The lowest BCUT2D eigenvalue weighted by atomic mass is 10.0. The second-order valence-electron chi connectivity index (χ2n) is 5.82. The predicted octanol–water partition coefficient (Wildman–Crippen LogP) is 2.09. The normalized spacial score (nSPS) is 19.9. The van der Waals surface area contributed by atoms with Crippen LogP contribution in [0.15, 0.2) is 24.7 Å². The summed E-state index contributed by atoms with van der Waals surface area (Å²) in [5, 5.41) is 7.87. The van der Waals surface area contributed by atoms with Crippen molar-refractivity contribution in [3.63, 3.8) is 0 Å². The Morgan fingerprint density at radius 2 is 2.25 bits per heavy atom. The highest BCUT2D eigenvalue weighted by molar-refractivity contribution is 5.68. The van der Waals surface area contributed by atoms with Gasteiger partial charge in [0.05, 0.1) is 6.20 Å². The zero-order valence-corrected chi connectivity index (χ0v) is 12.3. The molecule has 0 amide bonds. The van der Waals surface area contributed by atoms with Crippen molar-refractivity contribution in [1.29, 1.82) is 0 Å². The molecular formula is C15H23N5. The lowest BCUT2D eigenvalue weighted by molar-refractivity contribution is 0.419. The number of nitrogens with one attached hydrogen (secondary N) is 1. The molecule has 1 aliphatic rings. The van der Waals surface area contributed by atoms with Gasteiger partial charge in [-0.3, -0.25) is 0 Å². The Kier molecular flexibility index (Phi) is 3.87. The van der Waals surface area contributed by atoms with Crippen molar-refractivity contribution in [2.45, 2.75) is 45.2 Å². The molecule has 5 nitrogen and oxygen atoms in total. The molecular weight excluding hydrogens is 250 g/mol. The number of nitrogens with zero attached hydrogens (tertiary/aromatic N) is 4. The first-order valence-corrected chi connectivity index (χ1v) is 7.54. The molecule has 3 heterocycles. The van der Waals surface area contributed by atoms with E-state index in [1.807, 2.05) is 29.2 Å². The molecule has 0 bridgehead atoms. The maximum absolute atomic E-state index is 4.62. The second-order valence-corrected chi connectivity index (χ2v) is 5.82. The number of rotatable bonds is 4. The zero-order valence-electron chi connectivity index (χ0n) is 12.3. The summed E-state index contributed by atoms with van der Waals surface area (Å²) in [6.45, 7) is 6.50. The van der Waals surface area contributed by atoms with Crippen molar-refractivity contribution in [1.82, 2.24) is 19.9 Å². The van der Waals surface area contributed by atoms with Crippen LogP contribution < -0.4 is 10.2 Å². The van der Waals surface area contributed by atoms with Crippen molar-refractivity contribution >= 4 is 11.3 Å². The van der Waals surface area contributed by atoms with Crippen LogP contribution in [-0.2, 0) is 0 Å². The maximum atomic E-state index is 4.62. The minimum atomic E-state index is 0.525. The molecule has 20 heavy (non-hydrogen) atoms. The number of fused-ring (bicyclic) bond motifs is 1. The second kappa shape index (κ2) is 5.79. The molecule has 1 N–H and O–H groups in total. The summed E-state index contributed by atoms with van der Waals surface area (Å²) in [5.41, 5.74) is 1.10. The summed E-state index contributed by atoms with van der Waals surface area (Å²) in [4.78, 5) is 7.07. The van der Waals surface area contributed by atoms with E-state index in [4.69, 9.17) is 0 Å². The minimum absolute atomic E-state index is 0.525. The van der Waals surface area contributed by atoms with Gasteiger partial charge in [-0.2, -0.15) is 5.10 Å². The molecule has 0 saturated carbocycles. The third-order valence-electron chi connectivity index (χ3n) is 3.96. The van der Waals surface area contributed by atoms with Crippen LogP contribution in [0, 0.1) is 0 Å². The highest BCUT2D eigenvalue weighted by Gasteiger charge is 2.25. The van der Waals surface area contributed by atoms with Crippen LogP contribution in [-0.4, -0.2) is 39.8 Å². The highest BCUT2D eigenvalue weighted by Crippen LogP contribution is 2.26. The Balaban J connectivity index is 1.87. The van der Waals surface area contributed by atoms with Crippen LogP contribution in [0.5, 0.6) is 0 Å². The van der Waals surface area contributed by atoms with Crippen LogP contribution in [0.1, 0.15) is 33.1 Å². The van der Waals surface area contributed by atoms with E-state index in [-0.39, 0.29) is 0 Å². The van der Waals surface area contributed by atoms with Crippen molar-refractivity contribution < 1.29 is 0 Å². The van der Waals surface area contributed by atoms with E-state index < -0.39 is 0 Å². The molecule has 3 rings (SSSR count). The molecule has 1 aliphatic heterocycles. The molecule has 2 aromatic heterocycles. The lowest BCUT2D eigenvalue weighted by Gasteiger charge is -2.37. The fourth-order valence-corrected chi connectivity index (χ4v) is 2.93. The van der Waals surface area contributed by atoms with E-state index in [0.717, 1.165) is 24.4 Å². The van der Waals surface area contributed by atoms with E-state index in [9.17, 15) is 0 Å². The molecule has 1 atom stereocenters. The average Bonchev–Trinajstić information content (AvgIpc) is 2.93. The molecule has 1 unspecified atom stereocenters. The van der Waals surface area contributed by atoms with E-state index >= 15 is 0 Å². The predicted molar refractivity (Wildman–Crippen MR) is 81.1 cm³/mol. The van der Waals surface area contributed by atoms with E-state index in [0.29, 0.717) is 12.1 Å². The molecule has 1 saturated heterocycles. The largest absolute Gasteiger partial charge is 0.351 e. The number of aromatic nitrogens is 3. The van der Waals surface area contributed by atoms with Gasteiger partial charge in [0.25, 0.3) is 0 Å². The summed E-state index contributed by atoms with van der Waals surface area (Å²) in [7, 11) is 0. The van der Waals surface area contributed by atoms with Crippen molar-refractivity contribution in [2.24, 2.45) is 0 Å². The summed E-state index contributed by atoms with van der Waals surface area (Å²) < 4.78 is 1.91. The van der Waals surface area contributed by atoms with Gasteiger partial charge in [0.15, 0.2) is 5.82 Å². The Labute approximate surface area is 120 Å². The van der Waals surface area contributed by atoms with Crippen molar-refractivity contribution in [3.05, 3.63) is 24.7 Å². The lowest BCUT2D eigenvalue weighted by Crippen LogP contribution is -2.47. The van der Waals surface area contributed by atoms with Crippen molar-refractivity contribution in [2.75, 3.05) is 18.0 Å². The first-order valence-electron chi connectivity index (χ1n) is 7.54. The maximum Gasteiger partial charge on any atom is 0.154 e. The van der Waals surface area contributed by atoms with Gasteiger partial charge in [-0.1, -0.05) is 13.8 Å². The third kappa shape index (κ3) is 2.63. The van der Waals surface area contributed by atoms with Gasteiger partial charge in [-0.05, 0) is 25.3 Å². The van der Waals surface area contributed by atoms with E-state index in [1.165, 1.54) is 19.3 Å². The SMILES string of the molecule is CC(C)NCC1CCCCN1c1nccn2nccc12. The average molecular weight is 273 g/mol. The van der Waals surface area contributed by atoms with Crippen LogP contribution >= 0.6 is 0 Å². The van der Waals surface area contributed by atoms with Crippen molar-refractivity contribution in [3.8, 4) is 0 Å². The third-order valence-corrected chi connectivity index (χ3v) is 3.96. The molecule has 0 spiro atoms. The molecule has 0 radical (unpaired) electrons. The van der Waals surface area contributed by atoms with Crippen LogP contribution in [0.25, 0.3) is 5.52 Å². The number of hydrogen-bond acceptors (Lipinski definition) is 4. The first kappa shape index (κ1) is 13.4. The Bertz CT molecular complexity index is 562. The number of anilines is 1. The van der Waals surface area contributed by atoms with E-state index in [2.05, 4.69) is 34.1 Å². The quantitative estimate of drug-likeness (QED) is 0.926. The van der Waals surface area contributed by atoms with E-state index in [1.54, 1.807) is 0 Å². The molecule has 108 valence electrons. The molecule has 0 aromatic carbocycles. The van der Waals surface area contributed by atoms with Gasteiger partial charge in [-0.15, -0.1) is 0 Å². The molecule has 2 aromatic rings. The fraction of sp³-hybridized carbons (Fsp3) is 0.600. The fourth-order valence-electron chi connectivity index (χ4n) is 2.93. The summed E-state index contributed by atoms with van der Waals surface area (Å²) in [6, 6.07) is 3.10. The Morgan fingerprint density at radius 3 is 3.10 bits per heavy atom. The van der Waals surface area contributed by atoms with Gasteiger partial charge in [0.2, 0.25) is 0 Å². The Morgan fingerprint density at radius 1 is 1.35 bits per heavy atom. The van der Waals surface area contributed by atoms with Gasteiger partial charge < -0.3 is 10.2 Å². The first-order chi connectivity index (χ1) is 9.75. The van der Waals surface area contributed by atoms with Gasteiger partial charge in [0, 0.05) is 37.6 Å². The van der Waals surface area contributed by atoms with Gasteiger partial charge >= 0.3 is 0 Å². The molecule has 5 heteroatoms. The van der Waals surface area contributed by atoms with Crippen LogP contribution in [0.4, 0.5) is 5.82 Å².